The number of ether oxygens (including phenoxy) is 2. The van der Waals surface area contributed by atoms with E-state index in [-0.39, 0.29) is 42.0 Å². The zero-order valence-electron chi connectivity index (χ0n) is 33.0. The molecule has 0 radical (unpaired) electrons. The smallest absolute Gasteiger partial charge is 0.407 e. The van der Waals surface area contributed by atoms with Gasteiger partial charge in [-0.15, -0.1) is 0 Å². The Bertz CT molecular complexity index is 1690. The van der Waals surface area contributed by atoms with E-state index in [4.69, 9.17) is 13.9 Å². The van der Waals surface area contributed by atoms with Gasteiger partial charge in [0, 0.05) is 29.6 Å². The lowest BCUT2D eigenvalue weighted by Crippen LogP contribution is -2.55. The largest absolute Gasteiger partial charge is 0.444 e. The molecule has 284 valence electrons. The van der Waals surface area contributed by atoms with Gasteiger partial charge in [0.2, 0.25) is 8.32 Å². The highest BCUT2D eigenvalue weighted by atomic mass is 28.4. The van der Waals surface area contributed by atoms with E-state index in [1.807, 2.05) is 36.4 Å². The lowest BCUT2D eigenvalue weighted by molar-refractivity contribution is 0.0442. The zero-order valence-corrected chi connectivity index (χ0v) is 34.0. The van der Waals surface area contributed by atoms with E-state index in [1.54, 1.807) is 53.7 Å². The molecule has 52 heavy (non-hydrogen) atoms. The molecule has 0 saturated heterocycles. The third-order valence-corrected chi connectivity index (χ3v) is 15.1. The van der Waals surface area contributed by atoms with Crippen molar-refractivity contribution in [2.24, 2.45) is 0 Å². The van der Waals surface area contributed by atoms with Gasteiger partial charge in [-0.2, -0.15) is 5.26 Å². The quantitative estimate of drug-likeness (QED) is 0.121. The number of amides is 3. The number of nitrogens with zero attached hydrogens (tertiary/aromatic N) is 1. The number of carbonyl (C=O) groups excluding carboxylic acids is 3. The maximum absolute atomic E-state index is 14.0. The summed E-state index contributed by atoms with van der Waals surface area (Å²) in [5, 5.41) is 19.1. The predicted octanol–water partition coefficient (Wildman–Crippen LogP) is 8.81. The van der Waals surface area contributed by atoms with Gasteiger partial charge in [0.15, 0.2) is 0 Å². The summed E-state index contributed by atoms with van der Waals surface area (Å²) in [6, 6.07) is 16.2. The molecule has 1 aromatic heterocycles. The summed E-state index contributed by atoms with van der Waals surface area (Å²) in [6.45, 7) is 24.1. The molecule has 3 aromatic rings. The second-order valence-corrected chi connectivity index (χ2v) is 21.7. The molecule has 0 spiro atoms. The standard InChI is InChI=1S/C40H59N5O6Si/c1-25(2)52(26(3)4,27(5)6)51-31(24-43-37(47)49-39(7,8)9)21-30(44-38(48)50-40(10,11)12)23-42-36(46)35-34(29-19-17-28(22-41)18-20-29)32-15-13-14-16-33(32)45-35/h13-20,25-27,30-31,45H,21,23-24H2,1-12H3,(H,42,46)(H,43,47)(H,44,48)/t30-,31?/m0/s1. The van der Waals surface area contributed by atoms with Crippen LogP contribution in [0.15, 0.2) is 48.5 Å². The summed E-state index contributed by atoms with van der Waals surface area (Å²) in [7, 11) is -2.47. The van der Waals surface area contributed by atoms with Gasteiger partial charge in [-0.25, -0.2) is 9.59 Å². The average Bonchev–Trinajstić information content (AvgIpc) is 3.42. The van der Waals surface area contributed by atoms with Crippen molar-refractivity contribution in [2.75, 3.05) is 13.1 Å². The molecule has 2 atom stereocenters. The van der Waals surface area contributed by atoms with Gasteiger partial charge in [0.05, 0.1) is 23.8 Å². The number of aromatic nitrogens is 1. The fraction of sp³-hybridized carbons (Fsp3) is 0.550. The lowest BCUT2D eigenvalue weighted by atomic mass is 10.00. The molecular formula is C40H59N5O6Si. The Labute approximate surface area is 310 Å². The van der Waals surface area contributed by atoms with Gasteiger partial charge in [-0.3, -0.25) is 4.79 Å². The van der Waals surface area contributed by atoms with Crippen LogP contribution in [0.4, 0.5) is 9.59 Å². The number of rotatable bonds is 14. The number of carbonyl (C=O) groups is 3. The van der Waals surface area contributed by atoms with Crippen LogP contribution in [0.25, 0.3) is 22.0 Å². The second kappa shape index (κ2) is 17.4. The van der Waals surface area contributed by atoms with Crippen molar-refractivity contribution in [2.45, 2.75) is 129 Å². The van der Waals surface area contributed by atoms with Crippen molar-refractivity contribution in [1.82, 2.24) is 20.9 Å². The summed E-state index contributed by atoms with van der Waals surface area (Å²) < 4.78 is 18.3. The highest BCUT2D eigenvalue weighted by Gasteiger charge is 2.47. The molecule has 12 heteroatoms. The number of H-pyrrole nitrogens is 1. The fourth-order valence-electron chi connectivity index (χ4n) is 6.99. The Morgan fingerprint density at radius 2 is 1.35 bits per heavy atom. The molecule has 0 saturated carbocycles. The Morgan fingerprint density at radius 1 is 0.788 bits per heavy atom. The summed E-state index contributed by atoms with van der Waals surface area (Å²) in [5.41, 5.74) is 2.49. The maximum atomic E-state index is 14.0. The van der Waals surface area contributed by atoms with Crippen molar-refractivity contribution >= 4 is 37.3 Å². The molecule has 1 heterocycles. The van der Waals surface area contributed by atoms with Crippen molar-refractivity contribution < 1.29 is 28.3 Å². The maximum Gasteiger partial charge on any atom is 0.407 e. The summed E-state index contributed by atoms with van der Waals surface area (Å²) in [5.74, 6) is -0.369. The van der Waals surface area contributed by atoms with Gasteiger partial charge in [-0.05, 0) is 88.3 Å². The summed E-state index contributed by atoms with van der Waals surface area (Å²) in [4.78, 5) is 43.4. The van der Waals surface area contributed by atoms with Gasteiger partial charge >= 0.3 is 12.2 Å². The number of alkyl carbamates (subject to hydrolysis) is 2. The third-order valence-electron chi connectivity index (χ3n) is 8.96. The molecule has 0 fully saturated rings. The SMILES string of the molecule is CC(C)[Si](OC(CNC(=O)OC(C)(C)C)C[C@@H](CNC(=O)c1[nH]c2ccccc2c1-c1ccc(C#N)cc1)NC(=O)OC(C)(C)C)(C(C)C)C(C)C. The van der Waals surface area contributed by atoms with Crippen molar-refractivity contribution in [3.05, 3.63) is 59.8 Å². The Balaban J connectivity index is 1.99. The van der Waals surface area contributed by atoms with Crippen molar-refractivity contribution in [1.29, 1.82) is 5.26 Å². The van der Waals surface area contributed by atoms with Crippen LogP contribution < -0.4 is 16.0 Å². The van der Waals surface area contributed by atoms with E-state index in [0.717, 1.165) is 16.5 Å². The Kier molecular flexibility index (Phi) is 14.1. The number of hydrogen-bond acceptors (Lipinski definition) is 7. The zero-order chi connectivity index (χ0) is 39.0. The monoisotopic (exact) mass is 733 g/mol. The van der Waals surface area contributed by atoms with Crippen LogP contribution in [0.3, 0.4) is 0 Å². The molecule has 11 nitrogen and oxygen atoms in total. The number of nitrogens with one attached hydrogen (secondary N) is 4. The first kappa shape index (κ1) is 42.1. The van der Waals surface area contributed by atoms with Crippen molar-refractivity contribution in [3.63, 3.8) is 0 Å². The molecule has 1 unspecified atom stereocenters. The van der Waals surface area contributed by atoms with E-state index >= 15 is 0 Å². The summed E-state index contributed by atoms with van der Waals surface area (Å²) in [6.07, 6.45) is -1.45. The van der Waals surface area contributed by atoms with Crippen LogP contribution >= 0.6 is 0 Å². The minimum Gasteiger partial charge on any atom is -0.444 e. The van der Waals surface area contributed by atoms with Gasteiger partial charge in [0.25, 0.3) is 5.91 Å². The van der Waals surface area contributed by atoms with Crippen LogP contribution in [0.2, 0.25) is 16.6 Å². The van der Waals surface area contributed by atoms with Crippen LogP contribution in [0, 0.1) is 11.3 Å². The molecule has 0 aliphatic carbocycles. The first-order chi connectivity index (χ1) is 24.2. The number of para-hydroxylation sites is 1. The van der Waals surface area contributed by atoms with Gasteiger partial charge < -0.3 is 34.8 Å². The van der Waals surface area contributed by atoms with E-state index in [1.165, 1.54) is 0 Å². The highest BCUT2D eigenvalue weighted by Crippen LogP contribution is 2.43. The first-order valence-corrected chi connectivity index (χ1v) is 20.3. The Hall–Kier alpha value is -4.34. The average molecular weight is 734 g/mol. The van der Waals surface area contributed by atoms with Crippen LogP contribution in [0.5, 0.6) is 0 Å². The minimum atomic E-state index is -2.47. The molecule has 0 aliphatic rings. The summed E-state index contributed by atoms with van der Waals surface area (Å²) >= 11 is 0. The fourth-order valence-corrected chi connectivity index (χ4v) is 12.6. The second-order valence-electron chi connectivity index (χ2n) is 16.3. The Morgan fingerprint density at radius 3 is 1.88 bits per heavy atom. The molecule has 3 amide bonds. The van der Waals surface area contributed by atoms with Crippen molar-refractivity contribution in [3.8, 4) is 17.2 Å². The van der Waals surface area contributed by atoms with E-state index in [2.05, 4.69) is 68.5 Å². The van der Waals surface area contributed by atoms with E-state index in [0.29, 0.717) is 16.8 Å². The molecule has 2 aromatic carbocycles. The topological polar surface area (TPSA) is 155 Å². The predicted molar refractivity (Wildman–Crippen MR) is 209 cm³/mol. The van der Waals surface area contributed by atoms with Gasteiger partial charge in [0.1, 0.15) is 16.9 Å². The van der Waals surface area contributed by atoms with Gasteiger partial charge in [-0.1, -0.05) is 71.9 Å². The van der Waals surface area contributed by atoms with Crippen LogP contribution in [-0.4, -0.2) is 67.8 Å². The molecule has 0 aliphatic heterocycles. The van der Waals surface area contributed by atoms with Crippen LogP contribution in [0.1, 0.15) is 106 Å². The number of aromatic amines is 1. The minimum absolute atomic E-state index is 0.0478. The number of benzene rings is 2. The third kappa shape index (κ3) is 11.3. The van der Waals surface area contributed by atoms with Crippen LogP contribution in [-0.2, 0) is 13.9 Å². The first-order valence-electron chi connectivity index (χ1n) is 18.2. The molecule has 4 N–H and O–H groups in total. The number of fused-ring (bicyclic) bond motifs is 1. The molecular weight excluding hydrogens is 675 g/mol. The number of hydrogen-bond donors (Lipinski definition) is 4. The number of nitriles is 1. The molecule has 0 bridgehead atoms. The highest BCUT2D eigenvalue weighted by molar-refractivity contribution is 6.77. The van der Waals surface area contributed by atoms with E-state index in [9.17, 15) is 19.6 Å². The molecule has 3 rings (SSSR count). The normalized spacial score (nSPS) is 13.5. The lowest BCUT2D eigenvalue weighted by Gasteiger charge is -2.45. The van der Waals surface area contributed by atoms with E-state index < -0.39 is 43.9 Å².